The fourth-order valence-corrected chi connectivity index (χ4v) is 4.13. The number of benzene rings is 2. The third-order valence-corrected chi connectivity index (χ3v) is 6.36. The minimum absolute atomic E-state index is 0.124. The molecule has 2 aromatic carbocycles. The van der Waals surface area contributed by atoms with Crippen molar-refractivity contribution in [1.82, 2.24) is 30.8 Å². The van der Waals surface area contributed by atoms with Gasteiger partial charge in [-0.2, -0.15) is 10.2 Å². The molecule has 1 atom stereocenters. The summed E-state index contributed by atoms with van der Waals surface area (Å²) in [6.45, 7) is 6.33. The Morgan fingerprint density at radius 3 is 2.29 bits per heavy atom. The predicted molar refractivity (Wildman–Crippen MR) is 172 cm³/mol. The first-order chi connectivity index (χ1) is 21.8. The van der Waals surface area contributed by atoms with Crippen LogP contribution in [0, 0.1) is 12.7 Å². The number of ether oxygens (including phenoxy) is 1. The number of carbonyl (C=O) groups excluding carboxylic acids is 3. The van der Waals surface area contributed by atoms with Gasteiger partial charge in [0.15, 0.2) is 0 Å². The number of hydrogen-bond acceptors (Lipinski definition) is 8. The van der Waals surface area contributed by atoms with Crippen molar-refractivity contribution in [2.45, 2.75) is 19.9 Å². The quantitative estimate of drug-likeness (QED) is 0.137. The lowest BCUT2D eigenvalue weighted by Crippen LogP contribution is -2.33. The molecule has 2 heterocycles. The number of likely N-dealkylation sites (N-methyl/N-ethyl adjacent to an activating group) is 1. The van der Waals surface area contributed by atoms with Crippen LogP contribution in [-0.2, 0) is 24.0 Å². The van der Waals surface area contributed by atoms with Gasteiger partial charge >= 0.3 is 0 Å². The summed E-state index contributed by atoms with van der Waals surface area (Å²) in [5.74, 6) is 0.452. The molecule has 3 amide bonds. The van der Waals surface area contributed by atoms with Crippen molar-refractivity contribution >= 4 is 30.1 Å². The van der Waals surface area contributed by atoms with E-state index in [0.717, 1.165) is 30.2 Å². The Morgan fingerprint density at radius 1 is 1.09 bits per heavy atom. The summed E-state index contributed by atoms with van der Waals surface area (Å²) in [7, 11) is 5.05. The van der Waals surface area contributed by atoms with Crippen molar-refractivity contribution in [2.75, 3.05) is 52.8 Å². The van der Waals surface area contributed by atoms with Gasteiger partial charge in [0.25, 0.3) is 0 Å². The van der Waals surface area contributed by atoms with Gasteiger partial charge in [-0.3, -0.25) is 19.2 Å². The summed E-state index contributed by atoms with van der Waals surface area (Å²) in [5, 5.41) is 17.4. The topological polar surface area (TPSA) is 139 Å². The summed E-state index contributed by atoms with van der Waals surface area (Å²) < 4.78 is 18.6. The van der Waals surface area contributed by atoms with Crippen LogP contribution in [0.15, 0.2) is 78.5 Å². The zero-order valence-corrected chi connectivity index (χ0v) is 26.2. The van der Waals surface area contributed by atoms with E-state index in [1.54, 1.807) is 55.1 Å². The molecule has 0 saturated carbocycles. The maximum Gasteiger partial charge on any atom is 0.246 e. The molecule has 1 aliphatic heterocycles. The number of anilines is 1. The summed E-state index contributed by atoms with van der Waals surface area (Å²) in [5.41, 5.74) is 3.60. The number of para-hydroxylation sites is 1. The predicted octanol–water partition coefficient (Wildman–Crippen LogP) is 2.82. The molecule has 3 aromatic rings. The highest BCUT2D eigenvalue weighted by atomic mass is 19.1. The van der Waals surface area contributed by atoms with Gasteiger partial charge < -0.3 is 26.0 Å². The van der Waals surface area contributed by atoms with Crippen molar-refractivity contribution < 1.29 is 28.3 Å². The van der Waals surface area contributed by atoms with Crippen LogP contribution in [0.3, 0.4) is 0 Å². The highest BCUT2D eigenvalue weighted by molar-refractivity contribution is 5.96. The van der Waals surface area contributed by atoms with Gasteiger partial charge in [0.1, 0.15) is 11.6 Å². The molecule has 242 valence electrons. The summed E-state index contributed by atoms with van der Waals surface area (Å²) >= 11 is 0. The van der Waals surface area contributed by atoms with Gasteiger partial charge in [-0.05, 0) is 44.2 Å². The van der Waals surface area contributed by atoms with Gasteiger partial charge in [-0.25, -0.2) is 9.07 Å². The standard InChI is InChI=1S/C19H23N5O2.C7H14N2O3.C6H5F/c1-13(19(26)21-4)10-15(11-22-12-25)17-14(2)18(20-3)24(23-17)16-8-6-5-7-9-16;1-11-3-2-9-4-7(5-12-9)8-6-10;7-6-4-2-1-3-5-6/h5-12,20H,1-4H3,(H,21,26)(H,22,25);6-7H,2-5H2,1H3,(H,8,10);1-5H/b13-10+,15-11+;;. The van der Waals surface area contributed by atoms with Crippen molar-refractivity contribution in [2.24, 2.45) is 0 Å². The van der Waals surface area contributed by atoms with Crippen LogP contribution in [0.25, 0.3) is 11.3 Å². The number of rotatable bonds is 12. The maximum atomic E-state index is 11.9. The van der Waals surface area contributed by atoms with Crippen LogP contribution in [0.4, 0.5) is 10.2 Å². The van der Waals surface area contributed by atoms with Crippen LogP contribution < -0.4 is 21.3 Å². The Bertz CT molecular complexity index is 1400. The van der Waals surface area contributed by atoms with E-state index in [9.17, 15) is 18.8 Å². The Morgan fingerprint density at radius 2 is 1.76 bits per heavy atom. The Labute approximate surface area is 263 Å². The molecule has 4 rings (SSSR count). The molecule has 1 aromatic heterocycles. The molecular weight excluding hydrogens is 581 g/mol. The van der Waals surface area contributed by atoms with Gasteiger partial charge in [-0.1, -0.05) is 36.4 Å². The minimum Gasteiger partial charge on any atom is -0.383 e. The number of amides is 3. The monoisotopic (exact) mass is 623 g/mol. The van der Waals surface area contributed by atoms with Crippen LogP contribution in [-0.4, -0.2) is 87.1 Å². The highest BCUT2D eigenvalue weighted by Crippen LogP contribution is 2.28. The summed E-state index contributed by atoms with van der Waals surface area (Å²) in [6.07, 6.45) is 4.50. The molecule has 4 N–H and O–H groups in total. The second kappa shape index (κ2) is 20.2. The number of hydroxylamine groups is 2. The van der Waals surface area contributed by atoms with Crippen LogP contribution in [0.2, 0.25) is 0 Å². The summed E-state index contributed by atoms with van der Waals surface area (Å²) in [4.78, 5) is 37.9. The molecule has 1 unspecified atom stereocenters. The van der Waals surface area contributed by atoms with Gasteiger partial charge in [0, 0.05) is 57.2 Å². The van der Waals surface area contributed by atoms with Crippen LogP contribution >= 0.6 is 0 Å². The zero-order valence-electron chi connectivity index (χ0n) is 26.2. The molecule has 0 aliphatic carbocycles. The first-order valence-electron chi connectivity index (χ1n) is 14.2. The van der Waals surface area contributed by atoms with E-state index in [-0.39, 0.29) is 17.8 Å². The number of allylic oxidation sites excluding steroid dienone is 2. The number of carbonyl (C=O) groups is 3. The highest BCUT2D eigenvalue weighted by Gasteiger charge is 2.22. The maximum absolute atomic E-state index is 11.9. The van der Waals surface area contributed by atoms with Crippen molar-refractivity contribution in [3.63, 3.8) is 0 Å². The van der Waals surface area contributed by atoms with Crippen molar-refractivity contribution in [1.29, 1.82) is 0 Å². The Hall–Kier alpha value is -4.85. The zero-order chi connectivity index (χ0) is 33.0. The van der Waals surface area contributed by atoms with E-state index in [0.29, 0.717) is 42.9 Å². The lowest BCUT2D eigenvalue weighted by molar-refractivity contribution is -0.118. The molecule has 45 heavy (non-hydrogen) atoms. The Kier molecular flexibility index (Phi) is 16.3. The number of nitrogens with zero attached hydrogens (tertiary/aromatic N) is 3. The fourth-order valence-electron chi connectivity index (χ4n) is 4.13. The number of nitrogens with one attached hydrogen (secondary N) is 4. The molecule has 0 spiro atoms. The first-order valence-corrected chi connectivity index (χ1v) is 14.2. The average Bonchev–Trinajstić information content (AvgIpc) is 3.66. The molecule has 13 heteroatoms. The third-order valence-electron chi connectivity index (χ3n) is 6.36. The molecule has 12 nitrogen and oxygen atoms in total. The van der Waals surface area contributed by atoms with E-state index >= 15 is 0 Å². The average molecular weight is 624 g/mol. The largest absolute Gasteiger partial charge is 0.383 e. The van der Waals surface area contributed by atoms with E-state index < -0.39 is 0 Å². The number of aromatic nitrogens is 2. The van der Waals surface area contributed by atoms with Gasteiger partial charge in [-0.15, -0.1) is 0 Å². The number of methoxy groups -OCH3 is 1. The van der Waals surface area contributed by atoms with Crippen molar-refractivity contribution in [3.05, 3.63) is 95.6 Å². The van der Waals surface area contributed by atoms with E-state index in [4.69, 9.17) is 14.7 Å². The SMILES string of the molecule is CNC(=O)/C(C)=C/C(=C\NC=O)c1nn(-c2ccccc2)c(NC)c1C.COCCN1CC(NC=O)CO1.Fc1ccccc1. The number of hydrogen-bond donors (Lipinski definition) is 4. The summed E-state index contributed by atoms with van der Waals surface area (Å²) in [6, 6.07) is 17.8. The second-order valence-electron chi connectivity index (χ2n) is 9.56. The molecule has 1 aliphatic rings. The van der Waals surface area contributed by atoms with E-state index in [2.05, 4.69) is 21.3 Å². The van der Waals surface area contributed by atoms with Gasteiger partial charge in [0.05, 0.1) is 30.6 Å². The van der Waals surface area contributed by atoms with Crippen LogP contribution in [0.1, 0.15) is 18.2 Å². The lowest BCUT2D eigenvalue weighted by atomic mass is 10.1. The first kappa shape index (κ1) is 36.3. The second-order valence-corrected chi connectivity index (χ2v) is 9.56. The smallest absolute Gasteiger partial charge is 0.246 e. The van der Waals surface area contributed by atoms with E-state index in [1.165, 1.54) is 18.3 Å². The minimum atomic E-state index is -0.198. The third kappa shape index (κ3) is 12.0. The molecule has 0 radical (unpaired) electrons. The number of halogens is 1. The van der Waals surface area contributed by atoms with Crippen molar-refractivity contribution in [3.8, 4) is 5.69 Å². The lowest BCUT2D eigenvalue weighted by Gasteiger charge is -2.12. The van der Waals surface area contributed by atoms with Gasteiger partial charge in [0.2, 0.25) is 18.7 Å². The molecule has 1 fully saturated rings. The molecule has 0 bridgehead atoms. The van der Waals surface area contributed by atoms with Crippen LogP contribution in [0.5, 0.6) is 0 Å². The molecular formula is C32H42FN7O5. The normalized spacial score (nSPS) is 14.7. The van der Waals surface area contributed by atoms with E-state index in [1.807, 2.05) is 44.3 Å². The molecule has 1 saturated heterocycles. The fraction of sp³-hybridized carbons (Fsp3) is 0.312. The Balaban J connectivity index is 0.000000302.